The molecule has 2 N–H and O–H groups in total. The van der Waals surface area contributed by atoms with Crippen molar-refractivity contribution in [1.82, 2.24) is 20.1 Å². The predicted molar refractivity (Wildman–Crippen MR) is 131 cm³/mol. The molecule has 0 bridgehead atoms. The number of hydrogen-bond acceptors (Lipinski definition) is 6. The third-order valence-corrected chi connectivity index (χ3v) is 6.18. The standard InChI is InChI=1S/C27H24F2N6O/c1-35-16-21(14-34-35)20-11-24-27(33-13-20)36-25(15-32-24)26(19-6-7-22(28)23(29)10-19)31-9-8-17-2-4-18(12-30)5-3-17/h2-7,10-11,13-14,16,25-26,31-32H,8-9,15H2,1H3/t25-,26?/m1/s1. The summed E-state index contributed by atoms with van der Waals surface area (Å²) in [6, 6.07) is 14.9. The molecule has 182 valence electrons. The highest BCUT2D eigenvalue weighted by Gasteiger charge is 2.30. The topological polar surface area (TPSA) is 87.8 Å². The zero-order chi connectivity index (χ0) is 25.1. The van der Waals surface area contributed by atoms with Crippen molar-refractivity contribution in [2.24, 2.45) is 7.05 Å². The van der Waals surface area contributed by atoms with Crippen molar-refractivity contribution < 1.29 is 13.5 Å². The Balaban J connectivity index is 1.34. The number of nitriles is 1. The molecular weight excluding hydrogens is 462 g/mol. The highest BCUT2D eigenvalue weighted by molar-refractivity contribution is 5.69. The van der Waals surface area contributed by atoms with Gasteiger partial charge in [-0.25, -0.2) is 13.8 Å². The van der Waals surface area contributed by atoms with Crippen LogP contribution in [0.15, 0.2) is 67.1 Å². The molecule has 0 spiro atoms. The van der Waals surface area contributed by atoms with Gasteiger partial charge in [0, 0.05) is 30.6 Å². The molecule has 1 aliphatic heterocycles. The first-order chi connectivity index (χ1) is 17.5. The van der Waals surface area contributed by atoms with Gasteiger partial charge in [0.25, 0.3) is 0 Å². The van der Waals surface area contributed by atoms with Gasteiger partial charge in [0.1, 0.15) is 6.10 Å². The lowest BCUT2D eigenvalue weighted by molar-refractivity contribution is 0.150. The summed E-state index contributed by atoms with van der Waals surface area (Å²) in [5.41, 5.74) is 4.86. The minimum Gasteiger partial charge on any atom is -0.469 e. The number of anilines is 1. The lowest BCUT2D eigenvalue weighted by Gasteiger charge is -2.33. The first-order valence-electron chi connectivity index (χ1n) is 11.6. The fourth-order valence-corrected chi connectivity index (χ4v) is 4.27. The smallest absolute Gasteiger partial charge is 0.237 e. The van der Waals surface area contributed by atoms with Gasteiger partial charge in [-0.15, -0.1) is 0 Å². The Morgan fingerprint density at radius 1 is 1.14 bits per heavy atom. The maximum atomic E-state index is 14.1. The second-order valence-corrected chi connectivity index (χ2v) is 8.68. The molecule has 36 heavy (non-hydrogen) atoms. The fourth-order valence-electron chi connectivity index (χ4n) is 4.27. The number of nitrogens with zero attached hydrogens (tertiary/aromatic N) is 4. The van der Waals surface area contributed by atoms with E-state index in [-0.39, 0.29) is 0 Å². The van der Waals surface area contributed by atoms with Gasteiger partial charge in [-0.05, 0) is 54.4 Å². The minimum atomic E-state index is -0.908. The summed E-state index contributed by atoms with van der Waals surface area (Å²) in [4.78, 5) is 4.50. The predicted octanol–water partition coefficient (Wildman–Crippen LogP) is 4.38. The Morgan fingerprint density at radius 3 is 2.69 bits per heavy atom. The van der Waals surface area contributed by atoms with Crippen LogP contribution in [0.25, 0.3) is 11.1 Å². The molecular formula is C27H24F2N6O. The first kappa shape index (κ1) is 23.5. The maximum Gasteiger partial charge on any atom is 0.237 e. The van der Waals surface area contributed by atoms with Gasteiger partial charge < -0.3 is 15.4 Å². The van der Waals surface area contributed by atoms with Crippen LogP contribution in [0.4, 0.5) is 14.5 Å². The highest BCUT2D eigenvalue weighted by Crippen LogP contribution is 2.34. The maximum absolute atomic E-state index is 14.1. The Hall–Kier alpha value is -4.29. The van der Waals surface area contributed by atoms with Crippen LogP contribution in [0.5, 0.6) is 5.88 Å². The van der Waals surface area contributed by atoms with E-state index in [4.69, 9.17) is 10.00 Å². The third-order valence-electron chi connectivity index (χ3n) is 6.18. The van der Waals surface area contributed by atoms with E-state index in [1.165, 1.54) is 6.07 Å². The summed E-state index contributed by atoms with van der Waals surface area (Å²) in [6.45, 7) is 1.01. The summed E-state index contributed by atoms with van der Waals surface area (Å²) >= 11 is 0. The Bertz CT molecular complexity index is 1410. The normalized spacial score (nSPS) is 15.3. The molecule has 7 nitrogen and oxygen atoms in total. The van der Waals surface area contributed by atoms with Gasteiger partial charge in [-0.1, -0.05) is 18.2 Å². The summed E-state index contributed by atoms with van der Waals surface area (Å²) in [5.74, 6) is -1.36. The molecule has 2 aromatic heterocycles. The molecule has 9 heteroatoms. The van der Waals surface area contributed by atoms with E-state index >= 15 is 0 Å². The average Bonchev–Trinajstić information content (AvgIpc) is 3.34. The minimum absolute atomic E-state index is 0.417. The summed E-state index contributed by atoms with van der Waals surface area (Å²) in [5, 5.41) is 20.0. The van der Waals surface area contributed by atoms with Crippen molar-refractivity contribution >= 4 is 5.69 Å². The molecule has 1 aliphatic rings. The summed E-state index contributed by atoms with van der Waals surface area (Å²) in [6.07, 6.45) is 5.68. The third kappa shape index (κ3) is 5.04. The molecule has 0 aliphatic carbocycles. The molecule has 0 saturated heterocycles. The molecule has 4 aromatic rings. The zero-order valence-electron chi connectivity index (χ0n) is 19.6. The molecule has 2 aromatic carbocycles. The van der Waals surface area contributed by atoms with Gasteiger partial charge in [0.05, 0.1) is 36.1 Å². The van der Waals surface area contributed by atoms with E-state index in [2.05, 4.69) is 26.8 Å². The zero-order valence-corrected chi connectivity index (χ0v) is 19.6. The van der Waals surface area contributed by atoms with Gasteiger partial charge in [-0.2, -0.15) is 10.4 Å². The van der Waals surface area contributed by atoms with E-state index in [0.717, 1.165) is 28.4 Å². The van der Waals surface area contributed by atoms with Gasteiger partial charge >= 0.3 is 0 Å². The van der Waals surface area contributed by atoms with Crippen LogP contribution < -0.4 is 15.4 Å². The van der Waals surface area contributed by atoms with Crippen LogP contribution in [0.3, 0.4) is 0 Å². The van der Waals surface area contributed by atoms with Crippen molar-refractivity contribution in [3.8, 4) is 23.1 Å². The lowest BCUT2D eigenvalue weighted by atomic mass is 9.99. The molecule has 0 amide bonds. The monoisotopic (exact) mass is 486 g/mol. The molecule has 2 atom stereocenters. The number of aromatic nitrogens is 3. The number of halogens is 2. The summed E-state index contributed by atoms with van der Waals surface area (Å²) < 4.78 is 35.7. The molecule has 5 rings (SSSR count). The molecule has 3 heterocycles. The van der Waals surface area contributed by atoms with Gasteiger partial charge in [-0.3, -0.25) is 4.68 Å². The number of fused-ring (bicyclic) bond motifs is 1. The Morgan fingerprint density at radius 2 is 1.97 bits per heavy atom. The quantitative estimate of drug-likeness (QED) is 0.403. The number of hydrogen-bond donors (Lipinski definition) is 2. The Labute approximate surface area is 207 Å². The second-order valence-electron chi connectivity index (χ2n) is 8.68. The fraction of sp³-hybridized carbons (Fsp3) is 0.222. The number of nitrogens with one attached hydrogen (secondary N) is 2. The van der Waals surface area contributed by atoms with E-state index in [1.807, 2.05) is 31.4 Å². The van der Waals surface area contributed by atoms with E-state index < -0.39 is 23.8 Å². The highest BCUT2D eigenvalue weighted by atomic mass is 19.2. The van der Waals surface area contributed by atoms with Crippen molar-refractivity contribution in [3.05, 3.63) is 95.4 Å². The van der Waals surface area contributed by atoms with Crippen molar-refractivity contribution in [2.75, 3.05) is 18.4 Å². The van der Waals surface area contributed by atoms with Crippen molar-refractivity contribution in [1.29, 1.82) is 5.26 Å². The number of pyridine rings is 1. The largest absolute Gasteiger partial charge is 0.469 e. The van der Waals surface area contributed by atoms with E-state index in [0.29, 0.717) is 36.5 Å². The SMILES string of the molecule is Cn1cc(-c2cnc3c(c2)NC[C@H](C(NCCc2ccc(C#N)cc2)c2ccc(F)c(F)c2)O3)cn1. The molecule has 0 saturated carbocycles. The van der Waals surface area contributed by atoms with Gasteiger partial charge in [0.2, 0.25) is 5.88 Å². The number of rotatable bonds is 7. The Kier molecular flexibility index (Phi) is 6.60. The summed E-state index contributed by atoms with van der Waals surface area (Å²) in [7, 11) is 1.86. The molecule has 1 unspecified atom stereocenters. The van der Waals surface area contributed by atoms with E-state index in [1.54, 1.807) is 35.3 Å². The molecule has 0 fully saturated rings. The van der Waals surface area contributed by atoms with Crippen LogP contribution in [0.2, 0.25) is 0 Å². The molecule has 0 radical (unpaired) electrons. The average molecular weight is 487 g/mol. The first-order valence-corrected chi connectivity index (χ1v) is 11.6. The number of benzene rings is 2. The van der Waals surface area contributed by atoms with Crippen molar-refractivity contribution in [2.45, 2.75) is 18.6 Å². The van der Waals surface area contributed by atoms with Crippen LogP contribution >= 0.6 is 0 Å². The van der Waals surface area contributed by atoms with Crippen molar-refractivity contribution in [3.63, 3.8) is 0 Å². The number of ether oxygens (including phenoxy) is 1. The van der Waals surface area contributed by atoms with Crippen LogP contribution in [-0.4, -0.2) is 34.0 Å². The number of aryl methyl sites for hydroxylation is 1. The lowest BCUT2D eigenvalue weighted by Crippen LogP contribution is -2.43. The van der Waals surface area contributed by atoms with E-state index in [9.17, 15) is 8.78 Å². The van der Waals surface area contributed by atoms with Gasteiger partial charge in [0.15, 0.2) is 11.6 Å². The van der Waals surface area contributed by atoms with Crippen LogP contribution in [0, 0.1) is 23.0 Å². The second kappa shape index (κ2) is 10.1. The van der Waals surface area contributed by atoms with Crippen LogP contribution in [-0.2, 0) is 13.5 Å². The van der Waals surface area contributed by atoms with Crippen LogP contribution in [0.1, 0.15) is 22.7 Å².